The molecule has 0 spiro atoms. The Kier molecular flexibility index (Phi) is 6.31. The molecule has 7 heteroatoms. The Morgan fingerprint density at radius 3 is 2.42 bits per heavy atom. The number of benzene rings is 2. The van der Waals surface area contributed by atoms with E-state index in [1.165, 1.54) is 6.08 Å². The summed E-state index contributed by atoms with van der Waals surface area (Å²) in [6.45, 7) is 3.02. The van der Waals surface area contributed by atoms with Gasteiger partial charge in [0.2, 0.25) is 17.7 Å². The van der Waals surface area contributed by atoms with Crippen molar-refractivity contribution in [1.82, 2.24) is 10.6 Å². The van der Waals surface area contributed by atoms with Gasteiger partial charge in [-0.2, -0.15) is 0 Å². The molecular formula is C24H26N4O3. The molecule has 7 nitrogen and oxygen atoms in total. The van der Waals surface area contributed by atoms with Gasteiger partial charge in [-0.25, -0.2) is 0 Å². The summed E-state index contributed by atoms with van der Waals surface area (Å²) in [5, 5.41) is 5.70. The highest BCUT2D eigenvalue weighted by Gasteiger charge is 2.21. The predicted octanol–water partition coefficient (Wildman–Crippen LogP) is 2.08. The van der Waals surface area contributed by atoms with Gasteiger partial charge in [-0.1, -0.05) is 24.3 Å². The molecule has 2 saturated heterocycles. The first-order valence-corrected chi connectivity index (χ1v) is 10.6. The summed E-state index contributed by atoms with van der Waals surface area (Å²) >= 11 is 0. The summed E-state index contributed by atoms with van der Waals surface area (Å²) in [6, 6.07) is 15.5. The summed E-state index contributed by atoms with van der Waals surface area (Å²) in [7, 11) is 0. The molecular weight excluding hydrogens is 392 g/mol. The molecule has 2 aromatic rings. The van der Waals surface area contributed by atoms with Gasteiger partial charge in [0, 0.05) is 50.1 Å². The minimum Gasteiger partial charge on any atom is -0.360 e. The Balaban J connectivity index is 1.26. The minimum absolute atomic E-state index is 0.0357. The molecule has 0 radical (unpaired) electrons. The molecule has 0 unspecified atom stereocenters. The third-order valence-electron chi connectivity index (χ3n) is 5.51. The Hall–Kier alpha value is -3.61. The molecule has 0 bridgehead atoms. The third-order valence-corrected chi connectivity index (χ3v) is 5.51. The van der Waals surface area contributed by atoms with E-state index in [1.54, 1.807) is 11.0 Å². The van der Waals surface area contributed by atoms with Gasteiger partial charge < -0.3 is 20.4 Å². The topological polar surface area (TPSA) is 81.8 Å². The molecule has 0 saturated carbocycles. The van der Waals surface area contributed by atoms with Crippen molar-refractivity contribution in [2.75, 3.05) is 36.0 Å². The molecule has 0 aromatic heterocycles. The van der Waals surface area contributed by atoms with E-state index < -0.39 is 0 Å². The zero-order valence-corrected chi connectivity index (χ0v) is 17.3. The van der Waals surface area contributed by atoms with E-state index in [9.17, 15) is 14.4 Å². The van der Waals surface area contributed by atoms with Crippen LogP contribution in [0.3, 0.4) is 0 Å². The van der Waals surface area contributed by atoms with Crippen LogP contribution in [0.4, 0.5) is 11.4 Å². The summed E-state index contributed by atoms with van der Waals surface area (Å²) in [6.07, 6.45) is 4.78. The second-order valence-electron chi connectivity index (χ2n) is 7.73. The molecule has 2 heterocycles. The van der Waals surface area contributed by atoms with Gasteiger partial charge in [-0.3, -0.25) is 14.4 Å². The lowest BCUT2D eigenvalue weighted by molar-refractivity contribution is -0.120. The molecule has 0 atom stereocenters. The Labute approximate surface area is 181 Å². The van der Waals surface area contributed by atoms with Crippen molar-refractivity contribution < 1.29 is 14.4 Å². The fourth-order valence-electron chi connectivity index (χ4n) is 3.79. The zero-order valence-electron chi connectivity index (χ0n) is 17.3. The number of carbonyl (C=O) groups is 3. The van der Waals surface area contributed by atoms with E-state index in [4.69, 9.17) is 0 Å². The maximum Gasteiger partial charge on any atom is 0.244 e. The van der Waals surface area contributed by atoms with Gasteiger partial charge in [0.05, 0.1) is 6.54 Å². The lowest BCUT2D eigenvalue weighted by Gasteiger charge is -2.28. The fourth-order valence-corrected chi connectivity index (χ4v) is 3.79. The lowest BCUT2D eigenvalue weighted by Crippen LogP contribution is -2.47. The Morgan fingerprint density at radius 1 is 1.00 bits per heavy atom. The molecule has 160 valence electrons. The zero-order chi connectivity index (χ0) is 21.6. The standard InChI is InChI=1S/C24H26N4O3/c29-22(12-7-18-3-10-21(11-4-18)28-14-1-2-24(28)31)26-16-19-5-8-20(9-6-19)27-15-13-25-23(30)17-27/h3-12H,1-2,13-17H2,(H,25,30)(H,26,29)/b12-7+. The van der Waals surface area contributed by atoms with Crippen molar-refractivity contribution in [2.45, 2.75) is 19.4 Å². The van der Waals surface area contributed by atoms with E-state index in [-0.39, 0.29) is 17.7 Å². The van der Waals surface area contributed by atoms with Gasteiger partial charge in [-0.15, -0.1) is 0 Å². The van der Waals surface area contributed by atoms with E-state index in [0.717, 1.165) is 42.0 Å². The average Bonchev–Trinajstić information content (AvgIpc) is 3.23. The highest BCUT2D eigenvalue weighted by Crippen LogP contribution is 2.22. The number of carbonyl (C=O) groups excluding carboxylic acids is 3. The summed E-state index contributed by atoms with van der Waals surface area (Å²) in [5.74, 6) is 0.0289. The summed E-state index contributed by atoms with van der Waals surface area (Å²) < 4.78 is 0. The number of piperazine rings is 1. The van der Waals surface area contributed by atoms with Crippen molar-refractivity contribution in [1.29, 1.82) is 0 Å². The van der Waals surface area contributed by atoms with E-state index >= 15 is 0 Å². The van der Waals surface area contributed by atoms with Gasteiger partial charge >= 0.3 is 0 Å². The van der Waals surface area contributed by atoms with Crippen LogP contribution in [0.15, 0.2) is 54.6 Å². The van der Waals surface area contributed by atoms with Gasteiger partial charge in [0.1, 0.15) is 0 Å². The first-order valence-electron chi connectivity index (χ1n) is 10.6. The van der Waals surface area contributed by atoms with Crippen molar-refractivity contribution in [2.24, 2.45) is 0 Å². The Morgan fingerprint density at radius 2 is 1.74 bits per heavy atom. The predicted molar refractivity (Wildman–Crippen MR) is 121 cm³/mol. The molecule has 4 rings (SSSR count). The van der Waals surface area contributed by atoms with Crippen molar-refractivity contribution in [3.63, 3.8) is 0 Å². The van der Waals surface area contributed by atoms with Crippen LogP contribution in [0.25, 0.3) is 6.08 Å². The van der Waals surface area contributed by atoms with Crippen LogP contribution < -0.4 is 20.4 Å². The number of nitrogens with zero attached hydrogens (tertiary/aromatic N) is 2. The van der Waals surface area contributed by atoms with Crippen LogP contribution in [0.5, 0.6) is 0 Å². The maximum absolute atomic E-state index is 12.2. The third kappa shape index (κ3) is 5.31. The minimum atomic E-state index is -0.171. The van der Waals surface area contributed by atoms with Crippen molar-refractivity contribution in [3.05, 3.63) is 65.7 Å². The average molecular weight is 418 g/mol. The highest BCUT2D eigenvalue weighted by atomic mass is 16.2. The number of hydrogen-bond donors (Lipinski definition) is 2. The molecule has 31 heavy (non-hydrogen) atoms. The SMILES string of the molecule is O=C(/C=C/c1ccc(N2CCCC2=O)cc1)NCc1ccc(N2CCNC(=O)C2)cc1. The van der Waals surface area contributed by atoms with Crippen LogP contribution in [-0.2, 0) is 20.9 Å². The van der Waals surface area contributed by atoms with E-state index in [2.05, 4.69) is 10.6 Å². The van der Waals surface area contributed by atoms with Crippen LogP contribution in [-0.4, -0.2) is 43.9 Å². The number of rotatable bonds is 6. The monoisotopic (exact) mass is 418 g/mol. The number of anilines is 2. The van der Waals surface area contributed by atoms with Gasteiger partial charge in [-0.05, 0) is 47.9 Å². The fraction of sp³-hybridized carbons (Fsp3) is 0.292. The van der Waals surface area contributed by atoms with Crippen molar-refractivity contribution in [3.8, 4) is 0 Å². The quantitative estimate of drug-likeness (QED) is 0.704. The first kappa shape index (κ1) is 20.7. The first-order chi connectivity index (χ1) is 15.1. The molecule has 2 aliphatic heterocycles. The molecule has 0 aliphatic carbocycles. The maximum atomic E-state index is 12.2. The highest BCUT2D eigenvalue weighted by molar-refractivity contribution is 5.95. The lowest BCUT2D eigenvalue weighted by atomic mass is 10.1. The molecule has 2 fully saturated rings. The van der Waals surface area contributed by atoms with Crippen LogP contribution in [0.2, 0.25) is 0 Å². The number of hydrogen-bond acceptors (Lipinski definition) is 4. The van der Waals surface area contributed by atoms with Crippen LogP contribution >= 0.6 is 0 Å². The number of amides is 3. The van der Waals surface area contributed by atoms with Crippen molar-refractivity contribution >= 4 is 35.2 Å². The molecule has 3 amide bonds. The number of nitrogens with one attached hydrogen (secondary N) is 2. The largest absolute Gasteiger partial charge is 0.360 e. The van der Waals surface area contributed by atoms with Gasteiger partial charge in [0.15, 0.2) is 0 Å². The normalized spacial score (nSPS) is 16.6. The second kappa shape index (κ2) is 9.47. The smallest absolute Gasteiger partial charge is 0.244 e. The van der Waals surface area contributed by atoms with Crippen LogP contribution in [0.1, 0.15) is 24.0 Å². The van der Waals surface area contributed by atoms with E-state index in [1.807, 2.05) is 53.4 Å². The van der Waals surface area contributed by atoms with Gasteiger partial charge in [0.25, 0.3) is 0 Å². The molecule has 2 aliphatic rings. The summed E-state index contributed by atoms with van der Waals surface area (Å²) in [5.41, 5.74) is 3.80. The second-order valence-corrected chi connectivity index (χ2v) is 7.73. The molecule has 2 aromatic carbocycles. The molecule has 2 N–H and O–H groups in total. The van der Waals surface area contributed by atoms with Crippen LogP contribution in [0, 0.1) is 0 Å². The Bertz CT molecular complexity index is 983. The van der Waals surface area contributed by atoms with E-state index in [0.29, 0.717) is 26.1 Å². The summed E-state index contributed by atoms with van der Waals surface area (Å²) in [4.78, 5) is 39.3.